The molecule has 0 bridgehead atoms. The number of H-pyrrole nitrogens is 1. The Balaban J connectivity index is 2.80. The van der Waals surface area contributed by atoms with Gasteiger partial charge in [-0.1, -0.05) is 20.8 Å². The molecular formula is C14H17NO3. The summed E-state index contributed by atoms with van der Waals surface area (Å²) >= 11 is 0. The van der Waals surface area contributed by atoms with E-state index in [0.29, 0.717) is 5.75 Å². The molecule has 0 aliphatic rings. The van der Waals surface area contributed by atoms with Crippen molar-refractivity contribution in [3.63, 3.8) is 0 Å². The molecule has 2 rings (SSSR count). The van der Waals surface area contributed by atoms with Crippen molar-refractivity contribution >= 4 is 16.9 Å². The number of hydrogen-bond donors (Lipinski definition) is 2. The van der Waals surface area contributed by atoms with E-state index in [1.54, 1.807) is 7.11 Å². The summed E-state index contributed by atoms with van der Waals surface area (Å²) in [5.41, 5.74) is 1.63. The molecule has 18 heavy (non-hydrogen) atoms. The number of rotatable bonds is 2. The van der Waals surface area contributed by atoms with Gasteiger partial charge in [0.1, 0.15) is 11.4 Å². The van der Waals surface area contributed by atoms with Crippen LogP contribution in [-0.4, -0.2) is 23.2 Å². The second-order valence-electron chi connectivity index (χ2n) is 5.34. The van der Waals surface area contributed by atoms with Crippen LogP contribution < -0.4 is 4.74 Å². The van der Waals surface area contributed by atoms with E-state index in [-0.39, 0.29) is 11.1 Å². The Hall–Kier alpha value is -1.97. The van der Waals surface area contributed by atoms with Crippen LogP contribution in [0.4, 0.5) is 0 Å². The van der Waals surface area contributed by atoms with Crippen molar-refractivity contribution in [3.05, 3.63) is 29.5 Å². The fraction of sp³-hybridized carbons (Fsp3) is 0.357. The number of nitrogens with one attached hydrogen (secondary N) is 1. The number of carbonyl (C=O) groups is 1. The Morgan fingerprint density at radius 1 is 1.33 bits per heavy atom. The number of carboxylic acids is 1. The Bertz CT molecular complexity index is 605. The van der Waals surface area contributed by atoms with Gasteiger partial charge in [0.25, 0.3) is 0 Å². The highest BCUT2D eigenvalue weighted by Gasteiger charge is 2.26. The molecular weight excluding hydrogens is 230 g/mol. The summed E-state index contributed by atoms with van der Waals surface area (Å²) in [7, 11) is 1.59. The third kappa shape index (κ3) is 1.94. The summed E-state index contributed by atoms with van der Waals surface area (Å²) in [4.78, 5) is 14.3. The summed E-state index contributed by atoms with van der Waals surface area (Å²) in [6.07, 6.45) is 0. The van der Waals surface area contributed by atoms with Gasteiger partial charge in [0.15, 0.2) is 0 Å². The number of fused-ring (bicyclic) bond motifs is 1. The molecule has 0 radical (unpaired) electrons. The first-order valence-corrected chi connectivity index (χ1v) is 5.78. The lowest BCUT2D eigenvalue weighted by atomic mass is 9.84. The lowest BCUT2D eigenvalue weighted by molar-refractivity contribution is 0.0689. The molecule has 2 N–H and O–H groups in total. The normalized spacial score (nSPS) is 11.8. The predicted molar refractivity (Wildman–Crippen MR) is 70.5 cm³/mol. The first-order valence-electron chi connectivity index (χ1n) is 5.78. The molecule has 1 heterocycles. The average Bonchev–Trinajstić information content (AvgIpc) is 2.66. The zero-order chi connectivity index (χ0) is 13.5. The molecule has 2 aromatic rings. The topological polar surface area (TPSA) is 62.3 Å². The third-order valence-electron chi connectivity index (χ3n) is 2.97. The zero-order valence-electron chi connectivity index (χ0n) is 11.0. The second kappa shape index (κ2) is 4.05. The van der Waals surface area contributed by atoms with Crippen LogP contribution >= 0.6 is 0 Å². The number of aromatic nitrogens is 1. The molecule has 1 aromatic carbocycles. The van der Waals surface area contributed by atoms with Crippen LogP contribution in [0.3, 0.4) is 0 Å². The van der Waals surface area contributed by atoms with E-state index in [2.05, 4.69) is 4.98 Å². The quantitative estimate of drug-likeness (QED) is 0.856. The minimum Gasteiger partial charge on any atom is -0.497 e. The first-order chi connectivity index (χ1) is 8.34. The predicted octanol–water partition coefficient (Wildman–Crippen LogP) is 3.17. The summed E-state index contributed by atoms with van der Waals surface area (Å²) < 4.78 is 5.15. The summed E-state index contributed by atoms with van der Waals surface area (Å²) in [6, 6.07) is 5.56. The maximum atomic E-state index is 11.3. The molecule has 0 atom stereocenters. The van der Waals surface area contributed by atoms with Crippen LogP contribution in [-0.2, 0) is 5.41 Å². The Morgan fingerprint density at radius 2 is 2.00 bits per heavy atom. The molecule has 0 saturated carbocycles. The van der Waals surface area contributed by atoms with Crippen molar-refractivity contribution in [2.75, 3.05) is 7.11 Å². The van der Waals surface area contributed by atoms with Gasteiger partial charge < -0.3 is 14.8 Å². The lowest BCUT2D eigenvalue weighted by Crippen LogP contribution is -2.15. The van der Waals surface area contributed by atoms with Gasteiger partial charge in [-0.25, -0.2) is 4.79 Å². The van der Waals surface area contributed by atoms with Crippen LogP contribution in [0.25, 0.3) is 10.9 Å². The molecule has 0 aliphatic carbocycles. The van der Waals surface area contributed by atoms with E-state index in [0.717, 1.165) is 16.5 Å². The number of carboxylic acid groups (broad SMARTS) is 1. The number of ether oxygens (including phenoxy) is 1. The van der Waals surface area contributed by atoms with E-state index in [1.165, 1.54) is 0 Å². The number of methoxy groups -OCH3 is 1. The zero-order valence-corrected chi connectivity index (χ0v) is 11.0. The minimum atomic E-state index is -0.935. The SMILES string of the molecule is COc1ccc2c(C(C)(C)C)c(C(=O)O)[nH]c2c1. The van der Waals surface area contributed by atoms with Crippen LogP contribution in [0.1, 0.15) is 36.8 Å². The van der Waals surface area contributed by atoms with Crippen LogP contribution in [0.2, 0.25) is 0 Å². The van der Waals surface area contributed by atoms with Crippen LogP contribution in [0.5, 0.6) is 5.75 Å². The fourth-order valence-electron chi connectivity index (χ4n) is 2.24. The highest BCUT2D eigenvalue weighted by Crippen LogP contribution is 2.34. The molecule has 0 amide bonds. The van der Waals surface area contributed by atoms with Crippen LogP contribution in [0, 0.1) is 0 Å². The molecule has 0 spiro atoms. The number of aromatic carboxylic acids is 1. The minimum absolute atomic E-state index is 0.236. The molecule has 0 saturated heterocycles. The van der Waals surface area contributed by atoms with E-state index < -0.39 is 5.97 Å². The van der Waals surface area contributed by atoms with Gasteiger partial charge in [-0.05, 0) is 23.1 Å². The summed E-state index contributed by atoms with van der Waals surface area (Å²) in [5.74, 6) is -0.226. The first kappa shape index (κ1) is 12.5. The standard InChI is InChI=1S/C14H17NO3/c1-14(2,3)11-9-6-5-8(18-4)7-10(9)15-12(11)13(16)17/h5-7,15H,1-4H3,(H,16,17). The molecule has 0 aliphatic heterocycles. The van der Waals surface area contributed by atoms with Crippen LogP contribution in [0.15, 0.2) is 18.2 Å². The van der Waals surface area contributed by atoms with Crippen molar-refractivity contribution in [2.45, 2.75) is 26.2 Å². The summed E-state index contributed by atoms with van der Waals surface area (Å²) in [5, 5.41) is 10.2. The van der Waals surface area contributed by atoms with Gasteiger partial charge in [0.05, 0.1) is 12.6 Å². The second-order valence-corrected chi connectivity index (χ2v) is 5.34. The lowest BCUT2D eigenvalue weighted by Gasteiger charge is -2.19. The maximum Gasteiger partial charge on any atom is 0.352 e. The largest absolute Gasteiger partial charge is 0.497 e. The number of hydrogen-bond acceptors (Lipinski definition) is 2. The van der Waals surface area contributed by atoms with Crippen molar-refractivity contribution in [1.29, 1.82) is 0 Å². The molecule has 1 aromatic heterocycles. The average molecular weight is 247 g/mol. The highest BCUT2D eigenvalue weighted by atomic mass is 16.5. The van der Waals surface area contributed by atoms with Gasteiger partial charge in [-0.15, -0.1) is 0 Å². The van der Waals surface area contributed by atoms with Gasteiger partial charge in [0, 0.05) is 11.5 Å². The Labute approximate surface area is 106 Å². The monoisotopic (exact) mass is 247 g/mol. The smallest absolute Gasteiger partial charge is 0.352 e. The Morgan fingerprint density at radius 3 is 2.50 bits per heavy atom. The molecule has 96 valence electrons. The van der Waals surface area contributed by atoms with Crippen molar-refractivity contribution in [2.24, 2.45) is 0 Å². The third-order valence-corrected chi connectivity index (χ3v) is 2.97. The van der Waals surface area contributed by atoms with E-state index in [4.69, 9.17) is 4.74 Å². The summed E-state index contributed by atoms with van der Waals surface area (Å²) in [6.45, 7) is 6.02. The Kier molecular flexibility index (Phi) is 2.81. The molecule has 4 nitrogen and oxygen atoms in total. The van der Waals surface area contributed by atoms with E-state index in [9.17, 15) is 9.90 Å². The number of benzene rings is 1. The molecule has 0 fully saturated rings. The van der Waals surface area contributed by atoms with Crippen molar-refractivity contribution in [3.8, 4) is 5.75 Å². The van der Waals surface area contributed by atoms with Gasteiger partial charge in [0.2, 0.25) is 0 Å². The van der Waals surface area contributed by atoms with Crippen molar-refractivity contribution in [1.82, 2.24) is 4.98 Å². The maximum absolute atomic E-state index is 11.3. The fourth-order valence-corrected chi connectivity index (χ4v) is 2.24. The van der Waals surface area contributed by atoms with Gasteiger partial charge in [-0.3, -0.25) is 0 Å². The molecule has 0 unspecified atom stereocenters. The molecule has 4 heteroatoms. The van der Waals surface area contributed by atoms with Gasteiger partial charge >= 0.3 is 5.97 Å². The highest BCUT2D eigenvalue weighted by molar-refractivity contribution is 5.98. The number of aromatic amines is 1. The van der Waals surface area contributed by atoms with E-state index >= 15 is 0 Å². The van der Waals surface area contributed by atoms with E-state index in [1.807, 2.05) is 39.0 Å². The van der Waals surface area contributed by atoms with Crippen molar-refractivity contribution < 1.29 is 14.6 Å². The van der Waals surface area contributed by atoms with Gasteiger partial charge in [-0.2, -0.15) is 0 Å².